The second kappa shape index (κ2) is 9.51. The molecule has 0 bridgehead atoms. The summed E-state index contributed by atoms with van der Waals surface area (Å²) in [5.74, 6) is -0.235. The molecule has 12 heteroatoms. The fourth-order valence-electron chi connectivity index (χ4n) is 3.38. The number of anilines is 2. The highest BCUT2D eigenvalue weighted by atomic mass is 32.2. The van der Waals surface area contributed by atoms with Gasteiger partial charge in [-0.25, -0.2) is 0 Å². The maximum Gasteiger partial charge on any atom is 0.298 e. The van der Waals surface area contributed by atoms with Crippen LogP contribution in [0.4, 0.5) is 11.4 Å². The van der Waals surface area contributed by atoms with Gasteiger partial charge in [0, 0.05) is 22.5 Å². The largest absolute Gasteiger partial charge is 0.455 e. The van der Waals surface area contributed by atoms with Gasteiger partial charge in [-0.15, -0.1) is 0 Å². The van der Waals surface area contributed by atoms with E-state index in [9.17, 15) is 25.9 Å². The van der Waals surface area contributed by atoms with E-state index in [0.29, 0.717) is 11.4 Å². The van der Waals surface area contributed by atoms with Crippen molar-refractivity contribution in [1.29, 1.82) is 0 Å². The van der Waals surface area contributed by atoms with Crippen molar-refractivity contribution in [3.05, 3.63) is 84.9 Å². The maximum absolute atomic E-state index is 12.2. The lowest BCUT2D eigenvalue weighted by Gasteiger charge is -2.18. The molecule has 0 saturated carbocycles. The molecule has 0 saturated heterocycles. The molecule has 186 valence electrons. The van der Waals surface area contributed by atoms with Crippen molar-refractivity contribution in [2.45, 2.75) is 9.79 Å². The molecule has 0 spiro atoms. The van der Waals surface area contributed by atoms with E-state index in [-0.39, 0.29) is 34.1 Å². The second-order valence-electron chi connectivity index (χ2n) is 7.56. The topological polar surface area (TPSA) is 179 Å². The number of hydrogen-bond donors (Lipinski definition) is 4. The standard InChI is InChI=1S/C24H20N2O8S2/c25-15-7-11-17(12-8-15)33-23-19(3-1-5-21(23)35(27,28)29)20-4-2-6-22(36(30,31)32)24(20)34-18-13-9-16(26)10-14-18/h1-14H,25-26H2,(H,27,28,29)(H,30,31,32). The quantitative estimate of drug-likeness (QED) is 0.196. The molecule has 0 fully saturated rings. The summed E-state index contributed by atoms with van der Waals surface area (Å²) in [7, 11) is -9.56. The van der Waals surface area contributed by atoms with E-state index >= 15 is 0 Å². The molecule has 0 unspecified atom stereocenters. The predicted octanol–water partition coefficient (Wildman–Crippen LogP) is 4.60. The fourth-order valence-corrected chi connectivity index (χ4v) is 4.65. The summed E-state index contributed by atoms with van der Waals surface area (Å²) in [5.41, 5.74) is 12.4. The lowest BCUT2D eigenvalue weighted by molar-refractivity contribution is 0.444. The lowest BCUT2D eigenvalue weighted by Crippen LogP contribution is -2.05. The average Bonchev–Trinajstić information content (AvgIpc) is 2.81. The van der Waals surface area contributed by atoms with Crippen molar-refractivity contribution < 1.29 is 35.4 Å². The minimum absolute atomic E-state index is 0.0536. The third kappa shape index (κ3) is 5.42. The van der Waals surface area contributed by atoms with E-state index in [1.165, 1.54) is 72.8 Å². The van der Waals surface area contributed by atoms with Gasteiger partial charge in [-0.2, -0.15) is 16.8 Å². The van der Waals surface area contributed by atoms with Crippen LogP contribution in [-0.4, -0.2) is 25.9 Å². The second-order valence-corrected chi connectivity index (χ2v) is 10.3. The Bertz CT molecular complexity index is 1510. The monoisotopic (exact) mass is 528 g/mol. The van der Waals surface area contributed by atoms with Gasteiger partial charge in [0.25, 0.3) is 20.2 Å². The first-order valence-corrected chi connectivity index (χ1v) is 13.1. The van der Waals surface area contributed by atoms with Crippen molar-refractivity contribution in [3.63, 3.8) is 0 Å². The molecule has 36 heavy (non-hydrogen) atoms. The van der Waals surface area contributed by atoms with Crippen LogP contribution >= 0.6 is 0 Å². The van der Waals surface area contributed by atoms with Crippen LogP contribution in [0.3, 0.4) is 0 Å². The molecule has 4 aromatic rings. The Morgan fingerprint density at radius 2 is 0.861 bits per heavy atom. The van der Waals surface area contributed by atoms with E-state index in [0.717, 1.165) is 12.1 Å². The van der Waals surface area contributed by atoms with Crippen molar-refractivity contribution in [3.8, 4) is 34.1 Å². The van der Waals surface area contributed by atoms with E-state index in [1.54, 1.807) is 0 Å². The van der Waals surface area contributed by atoms with E-state index in [4.69, 9.17) is 20.9 Å². The molecule has 4 rings (SSSR count). The smallest absolute Gasteiger partial charge is 0.298 e. The number of hydrogen-bond acceptors (Lipinski definition) is 8. The first-order valence-electron chi connectivity index (χ1n) is 10.2. The van der Waals surface area contributed by atoms with Crippen LogP contribution < -0.4 is 20.9 Å². The van der Waals surface area contributed by atoms with Gasteiger partial charge in [-0.3, -0.25) is 9.11 Å². The summed E-state index contributed by atoms with van der Waals surface area (Å²) in [5, 5.41) is 0. The van der Waals surface area contributed by atoms with E-state index in [2.05, 4.69) is 0 Å². The third-order valence-electron chi connectivity index (χ3n) is 5.00. The highest BCUT2D eigenvalue weighted by Crippen LogP contribution is 2.45. The molecule has 0 amide bonds. The molecule has 6 N–H and O–H groups in total. The first-order chi connectivity index (χ1) is 16.9. The Labute approximate surface area is 207 Å². The summed E-state index contributed by atoms with van der Waals surface area (Å²) in [6.45, 7) is 0. The molecule has 10 nitrogen and oxygen atoms in total. The molecule has 0 atom stereocenters. The zero-order valence-electron chi connectivity index (χ0n) is 18.4. The normalized spacial score (nSPS) is 11.7. The molecule has 0 aliphatic rings. The number of nitrogen functional groups attached to an aromatic ring is 2. The average molecular weight is 529 g/mol. The Hall–Kier alpha value is -4.10. The van der Waals surface area contributed by atoms with Crippen LogP contribution in [0.25, 0.3) is 11.1 Å². The van der Waals surface area contributed by atoms with Crippen molar-refractivity contribution in [2.24, 2.45) is 0 Å². The molecule has 0 radical (unpaired) electrons. The molecule has 0 heterocycles. The van der Waals surface area contributed by atoms with Crippen molar-refractivity contribution >= 4 is 31.6 Å². The summed E-state index contributed by atoms with van der Waals surface area (Å²) < 4.78 is 80.2. The number of benzene rings is 4. The third-order valence-corrected chi connectivity index (χ3v) is 6.76. The fraction of sp³-hybridized carbons (Fsp3) is 0. The van der Waals surface area contributed by atoms with Crippen molar-refractivity contribution in [1.82, 2.24) is 0 Å². The Morgan fingerprint density at radius 1 is 0.528 bits per heavy atom. The van der Waals surface area contributed by atoms with Crippen LogP contribution in [0.5, 0.6) is 23.0 Å². The minimum atomic E-state index is -4.78. The minimum Gasteiger partial charge on any atom is -0.455 e. The first kappa shape index (κ1) is 25.0. The van der Waals surface area contributed by atoms with Crippen LogP contribution in [0.1, 0.15) is 0 Å². The van der Waals surface area contributed by atoms with Gasteiger partial charge in [-0.05, 0) is 60.7 Å². The number of rotatable bonds is 7. The van der Waals surface area contributed by atoms with Crippen LogP contribution in [0.15, 0.2) is 94.7 Å². The summed E-state index contributed by atoms with van der Waals surface area (Å²) in [6.07, 6.45) is 0. The van der Waals surface area contributed by atoms with E-state index < -0.39 is 30.0 Å². The van der Waals surface area contributed by atoms with Gasteiger partial charge in [0.05, 0.1) is 0 Å². The molecular formula is C24H20N2O8S2. The SMILES string of the molecule is Nc1ccc(Oc2c(-c3cccc(S(=O)(=O)O)c3Oc3ccc(N)cc3)cccc2S(=O)(=O)O)cc1. The van der Waals surface area contributed by atoms with E-state index in [1.807, 2.05) is 0 Å². The Kier molecular flexibility index (Phi) is 6.61. The van der Waals surface area contributed by atoms with Gasteiger partial charge in [0.15, 0.2) is 11.5 Å². The van der Waals surface area contributed by atoms with Gasteiger partial charge >= 0.3 is 0 Å². The maximum atomic E-state index is 12.2. The molecule has 0 aromatic heterocycles. The Morgan fingerprint density at radius 3 is 1.17 bits per heavy atom. The zero-order chi connectivity index (χ0) is 26.1. The number of para-hydroxylation sites is 2. The van der Waals surface area contributed by atoms with Crippen LogP contribution in [0.2, 0.25) is 0 Å². The molecular weight excluding hydrogens is 508 g/mol. The summed E-state index contributed by atoms with van der Waals surface area (Å²) in [6, 6.07) is 19.9. The van der Waals surface area contributed by atoms with Gasteiger partial charge in [-0.1, -0.05) is 24.3 Å². The molecule has 4 aromatic carbocycles. The lowest BCUT2D eigenvalue weighted by atomic mass is 10.0. The highest BCUT2D eigenvalue weighted by Gasteiger charge is 2.27. The van der Waals surface area contributed by atoms with Gasteiger partial charge in [0.1, 0.15) is 21.3 Å². The van der Waals surface area contributed by atoms with Gasteiger partial charge in [0.2, 0.25) is 0 Å². The van der Waals surface area contributed by atoms with Gasteiger partial charge < -0.3 is 20.9 Å². The summed E-state index contributed by atoms with van der Waals surface area (Å²) in [4.78, 5) is -1.15. The number of nitrogens with two attached hydrogens (primary N) is 2. The van der Waals surface area contributed by atoms with Crippen molar-refractivity contribution in [2.75, 3.05) is 11.5 Å². The summed E-state index contributed by atoms with van der Waals surface area (Å²) >= 11 is 0. The molecule has 0 aliphatic heterocycles. The zero-order valence-corrected chi connectivity index (χ0v) is 20.0. The molecule has 0 aliphatic carbocycles. The van der Waals surface area contributed by atoms with Crippen LogP contribution in [0, 0.1) is 0 Å². The van der Waals surface area contributed by atoms with Crippen LogP contribution in [-0.2, 0) is 20.2 Å². The predicted molar refractivity (Wildman–Crippen MR) is 133 cm³/mol. The number of ether oxygens (including phenoxy) is 2. The highest BCUT2D eigenvalue weighted by molar-refractivity contribution is 7.86. The Balaban J connectivity index is 1.99.